The topological polar surface area (TPSA) is 378 Å². The number of primary amides is 2. The molecule has 6 aliphatic rings. The van der Waals surface area contributed by atoms with Crippen molar-refractivity contribution in [2.24, 2.45) is 11.5 Å². The van der Waals surface area contributed by atoms with E-state index in [1.807, 2.05) is 84.1 Å². The average Bonchev–Trinajstić information content (AvgIpc) is 1.76. The number of piperazine rings is 3. The maximum absolute atomic E-state index is 13.0. The third kappa shape index (κ3) is 20.1. The Hall–Kier alpha value is -8.82. The number of aromatic nitrogens is 11. The Kier molecular flexibility index (Phi) is 26.8. The first-order valence-electron chi connectivity index (χ1n) is 36.6. The van der Waals surface area contributed by atoms with Crippen molar-refractivity contribution in [1.82, 2.24) is 68.5 Å². The van der Waals surface area contributed by atoms with Gasteiger partial charge >= 0.3 is 57.4 Å². The summed E-state index contributed by atoms with van der Waals surface area (Å²) in [6, 6.07) is 24.1. The third-order valence-corrected chi connectivity index (χ3v) is 19.9. The fourth-order valence-electron chi connectivity index (χ4n) is 14.7. The van der Waals surface area contributed by atoms with Crippen LogP contribution in [0.2, 0.25) is 0 Å². The third-order valence-electron chi connectivity index (χ3n) is 19.9. The first-order valence-corrected chi connectivity index (χ1v) is 36.6. The van der Waals surface area contributed by atoms with Gasteiger partial charge in [-0.05, 0) is 173 Å². The molecule has 0 radical (unpaired) electrons. The quantitative estimate of drug-likeness (QED) is 0.0706. The number of anilines is 5. The second-order valence-electron chi connectivity index (χ2n) is 29.1. The SMILES string of the molecule is CC(C)(C)[O-].CCCCO.Cc1cn2nc(-c3nc4ccc(N5CCN6CCC[C@@H]6C5)cc4c(=O)[nH]3)cc2c(C)n1.Cc1cn2nc(C(=O)Nc3ccc(N4CCN5CCC[C@@H]5C4)cc3C(N)=O)cc2c(C)n1.Cc1cn2nc(C(=O)O)cc2c(C)n1.NC(=O)c1cc(N2CCN3CCC[C@@H]3C2)ccc1N.[K+]. The molecule has 30 heteroatoms. The molecule has 13 heterocycles. The Morgan fingerprint density at radius 1 is 0.579 bits per heavy atom. The number of aliphatic hydroxyl groups is 1. The molecule has 0 bridgehead atoms. The van der Waals surface area contributed by atoms with E-state index in [1.165, 1.54) is 64.2 Å². The first-order chi connectivity index (χ1) is 50.6. The number of carboxylic acid groups (broad SMARTS) is 1. The number of nitrogens with one attached hydrogen (secondary N) is 2. The zero-order valence-corrected chi connectivity index (χ0v) is 66.6. The van der Waals surface area contributed by atoms with E-state index in [1.54, 1.807) is 71.0 Å². The molecule has 0 spiro atoms. The first kappa shape index (κ1) is 80.7. The van der Waals surface area contributed by atoms with Crippen LogP contribution in [-0.4, -0.2) is 211 Å². The van der Waals surface area contributed by atoms with Gasteiger partial charge in [-0.15, -0.1) is 5.60 Å². The number of aliphatic hydroxyl groups excluding tert-OH is 1. The van der Waals surface area contributed by atoms with Crippen molar-refractivity contribution in [2.45, 2.75) is 144 Å². The zero-order valence-electron chi connectivity index (χ0n) is 63.5. The number of hydrogen-bond acceptors (Lipinski definition) is 21. The van der Waals surface area contributed by atoms with Gasteiger partial charge in [-0.2, -0.15) is 15.3 Å². The number of nitrogens with two attached hydrogens (primary N) is 3. The largest absolute Gasteiger partial charge is 1.00 e. The number of fused-ring (bicyclic) bond motifs is 7. The van der Waals surface area contributed by atoms with E-state index in [2.05, 4.69) is 82.9 Å². The maximum atomic E-state index is 13.0. The van der Waals surface area contributed by atoms with Crippen LogP contribution >= 0.6 is 0 Å². The number of unbranched alkanes of at least 4 members (excludes halogenated alkanes) is 1. The molecule has 16 rings (SSSR count). The van der Waals surface area contributed by atoms with Gasteiger partial charge in [0.15, 0.2) is 17.2 Å². The summed E-state index contributed by atoms with van der Waals surface area (Å²) in [5.74, 6) is -1.98. The number of aryl methyl sites for hydroxylation is 6. The van der Waals surface area contributed by atoms with Crippen molar-refractivity contribution in [2.75, 3.05) is 111 Å². The van der Waals surface area contributed by atoms with Crippen molar-refractivity contribution >= 4 is 79.6 Å². The van der Waals surface area contributed by atoms with Gasteiger partial charge < -0.3 is 57.5 Å². The van der Waals surface area contributed by atoms with Gasteiger partial charge in [-0.1, -0.05) is 34.1 Å². The number of rotatable bonds is 11. The number of nitrogens with zero attached hydrogens (tertiary/aromatic N) is 16. The second kappa shape index (κ2) is 35.5. The molecule has 6 saturated heterocycles. The van der Waals surface area contributed by atoms with Crippen LogP contribution in [0.15, 0.2) is 96.2 Å². The fourth-order valence-corrected chi connectivity index (χ4v) is 14.7. The molecule has 0 unspecified atom stereocenters. The molecule has 3 atom stereocenters. The summed E-state index contributed by atoms with van der Waals surface area (Å²) in [4.78, 5) is 95.6. The fraction of sp³-hybridized carbons (Fsp3) is 0.455. The van der Waals surface area contributed by atoms with E-state index in [0.29, 0.717) is 69.7 Å². The number of hydrogen-bond donors (Lipinski definition) is 7. The van der Waals surface area contributed by atoms with E-state index in [9.17, 15) is 29.1 Å². The summed E-state index contributed by atoms with van der Waals surface area (Å²) >= 11 is 0. The number of benzene rings is 3. The molecular formula is C77H100KN21O8. The molecule has 0 saturated carbocycles. The van der Waals surface area contributed by atoms with Gasteiger partial charge in [0.05, 0.1) is 97.0 Å². The smallest absolute Gasteiger partial charge is 0.850 e. The van der Waals surface area contributed by atoms with Crippen LogP contribution < -0.4 is 99.3 Å². The van der Waals surface area contributed by atoms with Crippen LogP contribution in [0.25, 0.3) is 39.0 Å². The minimum Gasteiger partial charge on any atom is -0.850 e. The number of aromatic carboxylic acids is 1. The number of carbonyl (C=O) groups excluding carboxylic acids is 3. The van der Waals surface area contributed by atoms with E-state index < -0.39 is 29.3 Å². The molecular weight excluding hydrogens is 1390 g/mol. The van der Waals surface area contributed by atoms with Crippen LogP contribution in [0.4, 0.5) is 28.4 Å². The minimum atomic E-state index is -1.02. The molecule has 10 aromatic rings. The van der Waals surface area contributed by atoms with Gasteiger partial charge in [0.1, 0.15) is 5.69 Å². The molecule has 562 valence electrons. The summed E-state index contributed by atoms with van der Waals surface area (Å²) in [7, 11) is 0. The predicted octanol–water partition coefficient (Wildman–Crippen LogP) is 4.14. The zero-order chi connectivity index (χ0) is 75.8. The number of nitrogen functional groups attached to an aromatic ring is 1. The summed E-state index contributed by atoms with van der Waals surface area (Å²) in [6.07, 6.45) is 15.0. The van der Waals surface area contributed by atoms with Crippen molar-refractivity contribution < 1.29 is 85.9 Å². The summed E-state index contributed by atoms with van der Waals surface area (Å²) in [5, 5.41) is 43.2. The number of carbonyl (C=O) groups is 4. The molecule has 107 heavy (non-hydrogen) atoms. The molecule has 10 N–H and O–H groups in total. The van der Waals surface area contributed by atoms with Crippen LogP contribution in [0.1, 0.15) is 155 Å². The maximum Gasteiger partial charge on any atom is 1.00 e. The van der Waals surface area contributed by atoms with Crippen molar-refractivity contribution in [3.8, 4) is 11.5 Å². The van der Waals surface area contributed by atoms with Gasteiger partial charge in [0, 0.05) is 112 Å². The van der Waals surface area contributed by atoms with Crippen LogP contribution in [0, 0.1) is 41.5 Å². The standard InChI is InChI=1S/C23H27N7O2.C23H25N7O.C14H20N4O.C9H9N3O2.C4H9O.C4H10O.K/c1-14-12-30-21(15(2)25-14)11-20(27-30)23(32)26-19-6-5-16(10-18(19)22(24)31)29-9-8-28-7-3-4-17(28)13-29;1-14-12-30-21(15(2)24-14)11-20(27-30)22-25-19-6-5-16(10-18(19)23(31)26-22)29-9-8-28-7-3-4-17(28)13-29;15-13-4-3-10(8-12(13)14(16)19)18-7-6-17-5-1-2-11(17)9-18;1-5-4-12-8(6(2)10-5)3-7(11-12)9(13)14;1-4(2,3)5;1-2-3-4-5;/h5-6,10-12,17H,3-4,7-9,13H2,1-2H3,(H2,24,31)(H,26,32);5-6,10-12,17H,3-4,7-9,13H2,1-2H3,(H,25,26,31);3-4,8,11H,1-2,5-7,9,15H2,(H2,16,19);3-4H,1-2H3,(H,13,14);1-3H3;5H,2-4H2,1H3;/q;;;;-1;;+1/t2*17-;11-;;;;/m111..../s1. The van der Waals surface area contributed by atoms with Crippen LogP contribution in [0.5, 0.6) is 0 Å². The molecule has 3 aromatic carbocycles. The number of amides is 3. The summed E-state index contributed by atoms with van der Waals surface area (Å²) < 4.78 is 4.98. The van der Waals surface area contributed by atoms with E-state index in [-0.39, 0.29) is 68.3 Å². The van der Waals surface area contributed by atoms with Gasteiger partial charge in [0.25, 0.3) is 23.3 Å². The monoisotopic (exact) mass is 1490 g/mol. The second-order valence-corrected chi connectivity index (χ2v) is 29.1. The summed E-state index contributed by atoms with van der Waals surface area (Å²) in [5.41, 5.74) is 29.6. The van der Waals surface area contributed by atoms with Gasteiger partial charge in [-0.3, -0.25) is 48.8 Å². The molecule has 7 aromatic heterocycles. The van der Waals surface area contributed by atoms with Gasteiger partial charge in [0.2, 0.25) is 0 Å². The molecule has 29 nitrogen and oxygen atoms in total. The average molecular weight is 1490 g/mol. The Balaban J connectivity index is 0.000000151. The predicted molar refractivity (Wildman–Crippen MR) is 410 cm³/mol. The Morgan fingerprint density at radius 2 is 1.01 bits per heavy atom. The van der Waals surface area contributed by atoms with Gasteiger partial charge in [-0.25, -0.2) is 23.3 Å². The van der Waals surface area contributed by atoms with E-state index in [0.717, 1.165) is 140 Å². The Bertz CT molecular complexity index is 4900. The van der Waals surface area contributed by atoms with Crippen LogP contribution in [-0.2, 0) is 0 Å². The molecule has 3 amide bonds. The minimum absolute atomic E-state index is 0. The molecule has 6 aliphatic heterocycles. The normalized spacial score (nSPS) is 17.7. The number of H-pyrrole nitrogens is 1. The van der Waals surface area contributed by atoms with E-state index >= 15 is 0 Å². The van der Waals surface area contributed by atoms with E-state index in [4.69, 9.17) is 32.4 Å². The van der Waals surface area contributed by atoms with Crippen LogP contribution in [0.3, 0.4) is 0 Å². The Labute approximate surface area is 665 Å². The molecule has 6 fully saturated rings. The summed E-state index contributed by atoms with van der Waals surface area (Å²) in [6.45, 7) is 31.4. The Morgan fingerprint density at radius 3 is 1.47 bits per heavy atom. The van der Waals surface area contributed by atoms with Crippen molar-refractivity contribution in [3.05, 3.63) is 158 Å². The van der Waals surface area contributed by atoms with Crippen molar-refractivity contribution in [3.63, 3.8) is 0 Å². The number of aromatic amines is 1. The number of carboxylic acids is 1. The van der Waals surface area contributed by atoms with Crippen molar-refractivity contribution in [1.29, 1.82) is 0 Å². The molecule has 0 aliphatic carbocycles.